The molecule has 0 spiro atoms. The van der Waals surface area contributed by atoms with Gasteiger partial charge in [0, 0.05) is 44.7 Å². The molecule has 0 atom stereocenters. The standard InChI is InChI=1S/C48H29N9/c1-6-22-38-30(14-1)31-15-2-7-23-39(31)55(38)43-27-11-19-35-34-18-5-10-26-42(34)57(44(35)43)48-53-46(37-21-12-20-36(51-37)45-49-28-13-29-50-45)52-47(54-48)56-40-24-8-3-16-32(40)33-17-4-9-25-41(33)56/h1-29H. The molecule has 57 heavy (non-hydrogen) atoms. The molecule has 0 aliphatic heterocycles. The van der Waals surface area contributed by atoms with E-state index < -0.39 is 0 Å². The van der Waals surface area contributed by atoms with Crippen molar-refractivity contribution in [1.29, 1.82) is 0 Å². The van der Waals surface area contributed by atoms with Crippen LogP contribution in [0.3, 0.4) is 0 Å². The SMILES string of the molecule is c1cnc(-c2cccc(-c3nc(-n4c5ccccc5c5ccccc54)nc(-n4c5ccccc5c5cccc(-n6c7ccccc7c7ccccc76)c54)n3)n2)nc1. The van der Waals surface area contributed by atoms with E-state index in [4.69, 9.17) is 19.9 Å². The van der Waals surface area contributed by atoms with E-state index in [9.17, 15) is 0 Å². The summed E-state index contributed by atoms with van der Waals surface area (Å²) < 4.78 is 6.69. The highest BCUT2D eigenvalue weighted by atomic mass is 15.3. The normalized spacial score (nSPS) is 11.9. The molecular weight excluding hydrogens is 703 g/mol. The minimum Gasteiger partial charge on any atom is -0.307 e. The van der Waals surface area contributed by atoms with E-state index in [2.05, 4.69) is 163 Å². The zero-order valence-electron chi connectivity index (χ0n) is 30.3. The number of fused-ring (bicyclic) bond motifs is 9. The molecule has 9 nitrogen and oxygen atoms in total. The fourth-order valence-electron chi connectivity index (χ4n) is 8.49. The van der Waals surface area contributed by atoms with Crippen LogP contribution in [0.5, 0.6) is 0 Å². The van der Waals surface area contributed by atoms with E-state index in [1.807, 2.05) is 18.2 Å². The first-order valence-electron chi connectivity index (χ1n) is 18.8. The first-order chi connectivity index (χ1) is 28.3. The smallest absolute Gasteiger partial charge is 0.240 e. The molecule has 0 aliphatic carbocycles. The summed E-state index contributed by atoms with van der Waals surface area (Å²) in [5, 5.41) is 6.80. The maximum absolute atomic E-state index is 5.41. The second-order valence-electron chi connectivity index (χ2n) is 14.0. The number of rotatable bonds is 5. The molecule has 0 saturated carbocycles. The molecular formula is C48H29N9. The lowest BCUT2D eigenvalue weighted by Gasteiger charge is -2.15. The van der Waals surface area contributed by atoms with Crippen LogP contribution in [-0.4, -0.2) is 43.6 Å². The molecule has 0 fully saturated rings. The summed E-state index contributed by atoms with van der Waals surface area (Å²) in [4.78, 5) is 29.9. The van der Waals surface area contributed by atoms with Crippen molar-refractivity contribution in [2.75, 3.05) is 0 Å². The van der Waals surface area contributed by atoms with Gasteiger partial charge in [-0.2, -0.15) is 15.0 Å². The molecule has 0 unspecified atom stereocenters. The molecule has 0 amide bonds. The van der Waals surface area contributed by atoms with Crippen LogP contribution >= 0.6 is 0 Å². The van der Waals surface area contributed by atoms with Crippen LogP contribution in [0, 0.1) is 0 Å². The van der Waals surface area contributed by atoms with Gasteiger partial charge in [-0.1, -0.05) is 109 Å². The summed E-state index contributed by atoms with van der Waals surface area (Å²) >= 11 is 0. The van der Waals surface area contributed by atoms with E-state index in [0.29, 0.717) is 34.9 Å². The summed E-state index contributed by atoms with van der Waals surface area (Å²) in [6.45, 7) is 0. The van der Waals surface area contributed by atoms with Crippen LogP contribution in [-0.2, 0) is 0 Å². The lowest BCUT2D eigenvalue weighted by Crippen LogP contribution is -2.11. The Labute approximate surface area is 324 Å². The molecule has 0 bridgehead atoms. The van der Waals surface area contributed by atoms with Gasteiger partial charge in [0.2, 0.25) is 11.9 Å². The predicted molar refractivity (Wildman–Crippen MR) is 227 cm³/mol. The van der Waals surface area contributed by atoms with Gasteiger partial charge in [-0.15, -0.1) is 0 Å². The zero-order chi connectivity index (χ0) is 37.5. The third-order valence-corrected chi connectivity index (χ3v) is 10.9. The summed E-state index contributed by atoms with van der Waals surface area (Å²) in [6.07, 6.45) is 3.43. The van der Waals surface area contributed by atoms with Crippen molar-refractivity contribution in [2.45, 2.75) is 0 Å². The van der Waals surface area contributed by atoms with Crippen LogP contribution in [0.25, 0.3) is 106 Å². The number of aromatic nitrogens is 9. The Kier molecular flexibility index (Phi) is 6.73. The lowest BCUT2D eigenvalue weighted by atomic mass is 10.1. The quantitative estimate of drug-likeness (QED) is 0.175. The van der Waals surface area contributed by atoms with E-state index in [1.54, 1.807) is 18.5 Å². The molecule has 12 aromatic rings. The monoisotopic (exact) mass is 731 g/mol. The highest BCUT2D eigenvalue weighted by Gasteiger charge is 2.24. The zero-order valence-corrected chi connectivity index (χ0v) is 30.3. The number of benzene rings is 6. The third-order valence-electron chi connectivity index (χ3n) is 10.9. The average molecular weight is 732 g/mol. The molecule has 0 N–H and O–H groups in total. The number of hydrogen-bond acceptors (Lipinski definition) is 6. The molecule has 0 saturated heterocycles. The van der Waals surface area contributed by atoms with E-state index in [1.165, 1.54) is 10.8 Å². The van der Waals surface area contributed by atoms with Crippen LogP contribution in [0.2, 0.25) is 0 Å². The molecule has 6 aromatic heterocycles. The van der Waals surface area contributed by atoms with Crippen molar-refractivity contribution in [3.8, 4) is 40.6 Å². The second-order valence-corrected chi connectivity index (χ2v) is 14.0. The summed E-state index contributed by atoms with van der Waals surface area (Å²) in [5.41, 5.74) is 8.41. The van der Waals surface area contributed by atoms with Gasteiger partial charge >= 0.3 is 0 Å². The van der Waals surface area contributed by atoms with Crippen LogP contribution in [0.15, 0.2) is 176 Å². The molecule has 9 heteroatoms. The number of pyridine rings is 1. The molecule has 12 rings (SSSR count). The number of hydrogen-bond donors (Lipinski definition) is 0. The first kappa shape index (κ1) is 31.3. The van der Waals surface area contributed by atoms with Gasteiger partial charge in [0.15, 0.2) is 11.6 Å². The van der Waals surface area contributed by atoms with Gasteiger partial charge < -0.3 is 4.57 Å². The van der Waals surface area contributed by atoms with Crippen molar-refractivity contribution in [3.63, 3.8) is 0 Å². The van der Waals surface area contributed by atoms with Crippen molar-refractivity contribution in [2.24, 2.45) is 0 Å². The van der Waals surface area contributed by atoms with E-state index in [-0.39, 0.29) is 0 Å². The van der Waals surface area contributed by atoms with Crippen molar-refractivity contribution >= 4 is 65.4 Å². The summed E-state index contributed by atoms with van der Waals surface area (Å²) in [7, 11) is 0. The summed E-state index contributed by atoms with van der Waals surface area (Å²) in [6, 6.07) is 56.5. The lowest BCUT2D eigenvalue weighted by molar-refractivity contribution is 0.888. The highest BCUT2D eigenvalue weighted by Crippen LogP contribution is 2.40. The van der Waals surface area contributed by atoms with Gasteiger partial charge in [0.1, 0.15) is 11.4 Å². The van der Waals surface area contributed by atoms with Crippen molar-refractivity contribution < 1.29 is 0 Å². The van der Waals surface area contributed by atoms with Gasteiger partial charge in [0.25, 0.3) is 0 Å². The Hall–Kier alpha value is -8.04. The fraction of sp³-hybridized carbons (Fsp3) is 0. The third kappa shape index (κ3) is 4.69. The van der Waals surface area contributed by atoms with E-state index in [0.717, 1.165) is 60.3 Å². The van der Waals surface area contributed by atoms with Gasteiger partial charge in [-0.25, -0.2) is 15.0 Å². The largest absolute Gasteiger partial charge is 0.307 e. The number of nitrogens with zero attached hydrogens (tertiary/aromatic N) is 9. The maximum Gasteiger partial charge on any atom is 0.240 e. The fourth-order valence-corrected chi connectivity index (χ4v) is 8.49. The van der Waals surface area contributed by atoms with Crippen molar-refractivity contribution in [3.05, 3.63) is 176 Å². The Morgan fingerprint density at radius 2 is 0.719 bits per heavy atom. The number of para-hydroxylation sites is 6. The Balaban J connectivity index is 1.21. The molecule has 266 valence electrons. The van der Waals surface area contributed by atoms with Crippen molar-refractivity contribution in [1.82, 2.24) is 43.6 Å². The van der Waals surface area contributed by atoms with Gasteiger partial charge in [-0.05, 0) is 54.6 Å². The molecule has 0 aliphatic rings. The topological polar surface area (TPSA) is 92.1 Å². The molecule has 6 aromatic carbocycles. The molecule has 6 heterocycles. The van der Waals surface area contributed by atoms with Gasteiger partial charge in [-0.3, -0.25) is 9.13 Å². The Morgan fingerprint density at radius 3 is 1.28 bits per heavy atom. The van der Waals surface area contributed by atoms with Crippen LogP contribution in [0.1, 0.15) is 0 Å². The van der Waals surface area contributed by atoms with Crippen LogP contribution < -0.4 is 0 Å². The Bertz CT molecular complexity index is 3440. The highest BCUT2D eigenvalue weighted by molar-refractivity contribution is 6.15. The Morgan fingerprint density at radius 1 is 0.298 bits per heavy atom. The van der Waals surface area contributed by atoms with Crippen LogP contribution in [0.4, 0.5) is 0 Å². The first-order valence-corrected chi connectivity index (χ1v) is 18.8. The summed E-state index contributed by atoms with van der Waals surface area (Å²) in [5.74, 6) is 1.90. The maximum atomic E-state index is 5.41. The minimum atomic E-state index is 0.426. The second kappa shape index (κ2) is 12.2. The van der Waals surface area contributed by atoms with E-state index >= 15 is 0 Å². The predicted octanol–water partition coefficient (Wildman–Crippen LogP) is 10.7. The minimum absolute atomic E-state index is 0.426. The molecule has 0 radical (unpaired) electrons. The average Bonchev–Trinajstić information content (AvgIpc) is 3.93. The van der Waals surface area contributed by atoms with Gasteiger partial charge in [0.05, 0.1) is 38.8 Å².